The molecule has 0 saturated carbocycles. The Hall–Kier alpha value is -0.448. The molecule has 2 heteroatoms. The second-order valence-corrected chi connectivity index (χ2v) is 5.11. The van der Waals surface area contributed by atoms with E-state index >= 15 is 0 Å². The SMILES string of the molecule is CC(C)Cc1cccc(O)c1CC(C)C.[AlH3]. The van der Waals surface area contributed by atoms with E-state index in [0.717, 1.165) is 18.4 Å². The summed E-state index contributed by atoms with van der Waals surface area (Å²) in [6.07, 6.45) is 2.02. The molecule has 0 radical (unpaired) electrons. The Morgan fingerprint density at radius 2 is 1.56 bits per heavy atom. The van der Waals surface area contributed by atoms with Gasteiger partial charge in [-0.1, -0.05) is 39.8 Å². The van der Waals surface area contributed by atoms with Crippen LogP contribution in [0.2, 0.25) is 0 Å². The maximum absolute atomic E-state index is 9.85. The summed E-state index contributed by atoms with van der Waals surface area (Å²) in [4.78, 5) is 0. The molecule has 0 aliphatic carbocycles. The molecule has 0 aliphatic heterocycles. The molecular weight excluding hydrogens is 211 g/mol. The first kappa shape index (κ1) is 15.6. The van der Waals surface area contributed by atoms with Crippen molar-refractivity contribution in [1.82, 2.24) is 0 Å². The quantitative estimate of drug-likeness (QED) is 0.797. The van der Waals surface area contributed by atoms with Gasteiger partial charge in [-0.05, 0) is 41.9 Å². The van der Waals surface area contributed by atoms with Crippen molar-refractivity contribution in [2.75, 3.05) is 0 Å². The van der Waals surface area contributed by atoms with E-state index < -0.39 is 0 Å². The van der Waals surface area contributed by atoms with Gasteiger partial charge in [0.2, 0.25) is 0 Å². The van der Waals surface area contributed by atoms with Crippen LogP contribution in [0.1, 0.15) is 38.8 Å². The predicted octanol–water partition coefficient (Wildman–Crippen LogP) is 2.61. The number of aromatic hydroxyl groups is 1. The topological polar surface area (TPSA) is 20.2 Å². The zero-order chi connectivity index (χ0) is 11.4. The highest BCUT2D eigenvalue weighted by molar-refractivity contribution is 5.75. The van der Waals surface area contributed by atoms with Crippen LogP contribution in [0.25, 0.3) is 0 Å². The molecule has 1 aromatic carbocycles. The molecule has 0 atom stereocenters. The molecule has 1 aromatic rings. The Bertz CT molecular complexity index is 319. The summed E-state index contributed by atoms with van der Waals surface area (Å²) in [5.74, 6) is 1.68. The number of rotatable bonds is 4. The molecule has 90 valence electrons. The highest BCUT2D eigenvalue weighted by atomic mass is 27.0. The third-order valence-electron chi connectivity index (χ3n) is 2.49. The predicted molar refractivity (Wildman–Crippen MR) is 75.1 cm³/mol. The molecular formula is C14H25AlO. The zero-order valence-corrected chi connectivity index (χ0v) is 10.2. The Morgan fingerprint density at radius 1 is 1.00 bits per heavy atom. The lowest BCUT2D eigenvalue weighted by molar-refractivity contribution is 0.459. The Labute approximate surface area is 110 Å². The summed E-state index contributed by atoms with van der Waals surface area (Å²) in [5, 5.41) is 9.85. The van der Waals surface area contributed by atoms with E-state index in [9.17, 15) is 5.11 Å². The van der Waals surface area contributed by atoms with Crippen LogP contribution in [0.4, 0.5) is 0 Å². The highest BCUT2D eigenvalue weighted by Crippen LogP contribution is 2.26. The molecule has 1 rings (SSSR count). The average Bonchev–Trinajstić information content (AvgIpc) is 2.09. The summed E-state index contributed by atoms with van der Waals surface area (Å²) in [5.41, 5.74) is 2.44. The Morgan fingerprint density at radius 3 is 2.06 bits per heavy atom. The van der Waals surface area contributed by atoms with Gasteiger partial charge in [-0.25, -0.2) is 0 Å². The summed E-state index contributed by atoms with van der Waals surface area (Å²) < 4.78 is 0. The summed E-state index contributed by atoms with van der Waals surface area (Å²) in [7, 11) is 0. The zero-order valence-electron chi connectivity index (χ0n) is 10.2. The van der Waals surface area contributed by atoms with Crippen LogP contribution in [0.15, 0.2) is 18.2 Å². The van der Waals surface area contributed by atoms with E-state index in [0.29, 0.717) is 17.6 Å². The smallest absolute Gasteiger partial charge is 0.187 e. The summed E-state index contributed by atoms with van der Waals surface area (Å²) in [6.45, 7) is 8.80. The molecule has 0 unspecified atom stereocenters. The largest absolute Gasteiger partial charge is 0.508 e. The Balaban J connectivity index is 0.00000225. The Kier molecular flexibility index (Phi) is 6.80. The van der Waals surface area contributed by atoms with Gasteiger partial charge in [-0.3, -0.25) is 0 Å². The monoisotopic (exact) mass is 236 g/mol. The van der Waals surface area contributed by atoms with Crippen LogP contribution in [0.5, 0.6) is 5.75 Å². The number of hydrogen-bond donors (Lipinski definition) is 1. The van der Waals surface area contributed by atoms with Gasteiger partial charge < -0.3 is 5.11 Å². The fourth-order valence-electron chi connectivity index (χ4n) is 1.90. The first-order valence-electron chi connectivity index (χ1n) is 5.80. The van der Waals surface area contributed by atoms with Crippen molar-refractivity contribution in [2.45, 2.75) is 40.5 Å². The normalized spacial score (nSPS) is 10.6. The van der Waals surface area contributed by atoms with Gasteiger partial charge >= 0.3 is 0 Å². The molecule has 0 aliphatic rings. The molecule has 1 N–H and O–H groups in total. The van der Waals surface area contributed by atoms with Gasteiger partial charge in [0.15, 0.2) is 17.4 Å². The van der Waals surface area contributed by atoms with Crippen molar-refractivity contribution >= 4 is 17.4 Å². The lowest BCUT2D eigenvalue weighted by atomic mass is 9.92. The molecule has 0 spiro atoms. The van der Waals surface area contributed by atoms with E-state index in [2.05, 4.69) is 33.8 Å². The molecule has 1 nitrogen and oxygen atoms in total. The molecule has 16 heavy (non-hydrogen) atoms. The van der Waals surface area contributed by atoms with Gasteiger partial charge in [-0.15, -0.1) is 0 Å². The van der Waals surface area contributed by atoms with Gasteiger partial charge in [0.1, 0.15) is 5.75 Å². The van der Waals surface area contributed by atoms with E-state index in [4.69, 9.17) is 0 Å². The van der Waals surface area contributed by atoms with E-state index in [-0.39, 0.29) is 17.4 Å². The minimum absolute atomic E-state index is 0. The lowest BCUT2D eigenvalue weighted by Gasteiger charge is -2.14. The molecule has 0 amide bonds. The second kappa shape index (κ2) is 6.99. The fraction of sp³-hybridized carbons (Fsp3) is 0.571. The standard InChI is InChI=1S/C14H22O.Al.3H/c1-10(2)8-12-6-5-7-14(15)13(12)9-11(3)4;;;;/h5-7,10-11,15H,8-9H2,1-4H3;;;;. The summed E-state index contributed by atoms with van der Waals surface area (Å²) in [6, 6.07) is 5.87. The second-order valence-electron chi connectivity index (χ2n) is 5.11. The van der Waals surface area contributed by atoms with Crippen LogP contribution in [0, 0.1) is 11.8 Å². The number of benzene rings is 1. The highest BCUT2D eigenvalue weighted by Gasteiger charge is 2.10. The third kappa shape index (κ3) is 4.60. The van der Waals surface area contributed by atoms with Crippen LogP contribution < -0.4 is 0 Å². The van der Waals surface area contributed by atoms with E-state index in [1.165, 1.54) is 5.56 Å². The van der Waals surface area contributed by atoms with Crippen LogP contribution in [-0.4, -0.2) is 22.5 Å². The van der Waals surface area contributed by atoms with Crippen molar-refractivity contribution in [1.29, 1.82) is 0 Å². The number of hydrogen-bond acceptors (Lipinski definition) is 1. The first-order valence-corrected chi connectivity index (χ1v) is 5.80. The average molecular weight is 236 g/mol. The van der Waals surface area contributed by atoms with Crippen molar-refractivity contribution in [3.63, 3.8) is 0 Å². The van der Waals surface area contributed by atoms with Crippen LogP contribution >= 0.6 is 0 Å². The van der Waals surface area contributed by atoms with Gasteiger partial charge in [0.25, 0.3) is 0 Å². The lowest BCUT2D eigenvalue weighted by Crippen LogP contribution is -2.03. The van der Waals surface area contributed by atoms with Gasteiger partial charge in [-0.2, -0.15) is 0 Å². The molecule has 0 bridgehead atoms. The van der Waals surface area contributed by atoms with Crippen molar-refractivity contribution < 1.29 is 5.11 Å². The number of phenols is 1. The third-order valence-corrected chi connectivity index (χ3v) is 2.49. The molecule has 0 heterocycles. The van der Waals surface area contributed by atoms with Crippen molar-refractivity contribution in [3.05, 3.63) is 29.3 Å². The fourth-order valence-corrected chi connectivity index (χ4v) is 1.90. The minimum atomic E-state index is 0. The van der Waals surface area contributed by atoms with Crippen molar-refractivity contribution in [2.24, 2.45) is 11.8 Å². The van der Waals surface area contributed by atoms with Crippen LogP contribution in [-0.2, 0) is 12.8 Å². The van der Waals surface area contributed by atoms with Crippen molar-refractivity contribution in [3.8, 4) is 5.75 Å². The van der Waals surface area contributed by atoms with Gasteiger partial charge in [0, 0.05) is 0 Å². The first-order chi connectivity index (χ1) is 7.00. The van der Waals surface area contributed by atoms with E-state index in [1.807, 2.05) is 6.07 Å². The maximum atomic E-state index is 9.85. The summed E-state index contributed by atoms with van der Waals surface area (Å²) >= 11 is 0. The molecule has 0 aromatic heterocycles. The van der Waals surface area contributed by atoms with E-state index in [1.54, 1.807) is 6.07 Å². The van der Waals surface area contributed by atoms with Gasteiger partial charge in [0.05, 0.1) is 0 Å². The molecule has 0 saturated heterocycles. The van der Waals surface area contributed by atoms with Crippen LogP contribution in [0.3, 0.4) is 0 Å². The molecule has 0 fully saturated rings. The minimum Gasteiger partial charge on any atom is -0.508 e. The number of phenolic OH excluding ortho intramolecular Hbond substituents is 1. The maximum Gasteiger partial charge on any atom is 0.187 e.